The molecule has 0 aromatic heterocycles. The van der Waals surface area contributed by atoms with Gasteiger partial charge in [-0.1, -0.05) is 13.8 Å². The first-order chi connectivity index (χ1) is 5.07. The van der Waals surface area contributed by atoms with Crippen LogP contribution in [0.15, 0.2) is 4.99 Å². The number of carbonyl (C=O) groups excluding carboxylic acids is 1. The number of rotatable bonds is 3. The molecule has 0 aromatic rings. The van der Waals surface area contributed by atoms with Crippen molar-refractivity contribution in [1.82, 2.24) is 4.90 Å². The average molecular weight is 156 g/mol. The maximum atomic E-state index is 11.2. The zero-order chi connectivity index (χ0) is 8.85. The second-order valence-electron chi connectivity index (χ2n) is 2.98. The highest BCUT2D eigenvalue weighted by molar-refractivity contribution is 5.87. The molecule has 64 valence electrons. The molecule has 1 amide bonds. The zero-order valence-electron chi connectivity index (χ0n) is 7.66. The van der Waals surface area contributed by atoms with Crippen LogP contribution in [0.3, 0.4) is 0 Å². The van der Waals surface area contributed by atoms with Gasteiger partial charge in [-0.25, -0.2) is 0 Å². The summed E-state index contributed by atoms with van der Waals surface area (Å²) in [5.41, 5.74) is 0. The molecule has 0 aliphatic rings. The van der Waals surface area contributed by atoms with Gasteiger partial charge in [-0.3, -0.25) is 9.79 Å². The van der Waals surface area contributed by atoms with Crippen molar-refractivity contribution in [2.24, 2.45) is 10.9 Å². The van der Waals surface area contributed by atoms with Gasteiger partial charge in [0, 0.05) is 20.5 Å². The van der Waals surface area contributed by atoms with Crippen LogP contribution in [0.2, 0.25) is 0 Å². The first-order valence-electron chi connectivity index (χ1n) is 3.76. The van der Waals surface area contributed by atoms with Crippen molar-refractivity contribution in [3.05, 3.63) is 0 Å². The quantitative estimate of drug-likeness (QED) is 0.445. The summed E-state index contributed by atoms with van der Waals surface area (Å²) in [5, 5.41) is 0. The predicted octanol–water partition coefficient (Wildman–Crippen LogP) is 1.15. The Hall–Kier alpha value is -0.860. The van der Waals surface area contributed by atoms with Gasteiger partial charge in [0.05, 0.1) is 6.34 Å². The van der Waals surface area contributed by atoms with Crippen LogP contribution in [-0.2, 0) is 4.79 Å². The van der Waals surface area contributed by atoms with Gasteiger partial charge < -0.3 is 4.90 Å². The largest absolute Gasteiger partial charge is 0.306 e. The highest BCUT2D eigenvalue weighted by atomic mass is 16.2. The maximum Gasteiger partial charge on any atom is 0.227 e. The number of aliphatic imine (C=N–C) groups is 1. The first-order valence-corrected chi connectivity index (χ1v) is 3.76. The molecule has 0 heterocycles. The second kappa shape index (κ2) is 4.88. The average Bonchev–Trinajstić information content (AvgIpc) is 1.86. The fourth-order valence-corrected chi connectivity index (χ4v) is 0.731. The van der Waals surface area contributed by atoms with E-state index >= 15 is 0 Å². The Balaban J connectivity index is 3.83. The number of carbonyl (C=O) groups is 1. The van der Waals surface area contributed by atoms with Gasteiger partial charge in [-0.2, -0.15) is 0 Å². The minimum atomic E-state index is 0.116. The molecule has 0 radical (unpaired) electrons. The van der Waals surface area contributed by atoms with E-state index in [1.807, 2.05) is 13.8 Å². The molecule has 0 bridgehead atoms. The van der Waals surface area contributed by atoms with E-state index in [1.165, 1.54) is 11.2 Å². The molecule has 0 rings (SSSR count). The van der Waals surface area contributed by atoms with Crippen molar-refractivity contribution in [3.63, 3.8) is 0 Å². The van der Waals surface area contributed by atoms with Crippen LogP contribution in [0, 0.1) is 5.92 Å². The van der Waals surface area contributed by atoms with Crippen LogP contribution in [0.5, 0.6) is 0 Å². The minimum absolute atomic E-state index is 0.116. The Labute approximate surface area is 68.1 Å². The molecule has 0 fully saturated rings. The van der Waals surface area contributed by atoms with E-state index in [0.29, 0.717) is 12.3 Å². The summed E-state index contributed by atoms with van der Waals surface area (Å²) in [6.07, 6.45) is 2.12. The van der Waals surface area contributed by atoms with E-state index < -0.39 is 0 Å². The van der Waals surface area contributed by atoms with Gasteiger partial charge in [0.15, 0.2) is 0 Å². The fourth-order valence-electron chi connectivity index (χ4n) is 0.731. The van der Waals surface area contributed by atoms with Crippen molar-refractivity contribution in [2.75, 3.05) is 14.1 Å². The lowest BCUT2D eigenvalue weighted by Crippen LogP contribution is -2.25. The highest BCUT2D eigenvalue weighted by Gasteiger charge is 2.07. The molecule has 3 nitrogen and oxygen atoms in total. The molecule has 3 heteroatoms. The van der Waals surface area contributed by atoms with Gasteiger partial charge in [0.2, 0.25) is 5.91 Å². The lowest BCUT2D eigenvalue weighted by molar-refractivity contribution is -0.126. The third-order valence-corrected chi connectivity index (χ3v) is 1.26. The summed E-state index contributed by atoms with van der Waals surface area (Å²) in [6, 6.07) is 0. The second-order valence-corrected chi connectivity index (χ2v) is 2.98. The van der Waals surface area contributed by atoms with Gasteiger partial charge in [0.25, 0.3) is 0 Å². The van der Waals surface area contributed by atoms with E-state index in [9.17, 15) is 4.79 Å². The van der Waals surface area contributed by atoms with Crippen LogP contribution in [0.4, 0.5) is 0 Å². The number of amides is 1. The Morgan fingerprint density at radius 3 is 2.55 bits per heavy atom. The summed E-state index contributed by atoms with van der Waals surface area (Å²) in [7, 11) is 3.37. The third-order valence-electron chi connectivity index (χ3n) is 1.26. The lowest BCUT2D eigenvalue weighted by atomic mass is 10.1. The van der Waals surface area contributed by atoms with Crippen molar-refractivity contribution >= 4 is 12.2 Å². The SMILES string of the molecule is CN=CN(C)C(=O)CC(C)C. The molecule has 0 atom stereocenters. The first kappa shape index (κ1) is 10.1. The lowest BCUT2D eigenvalue weighted by Gasteiger charge is -2.11. The van der Waals surface area contributed by atoms with Crippen molar-refractivity contribution in [2.45, 2.75) is 20.3 Å². The van der Waals surface area contributed by atoms with Crippen LogP contribution >= 0.6 is 0 Å². The van der Waals surface area contributed by atoms with E-state index in [4.69, 9.17) is 0 Å². The van der Waals surface area contributed by atoms with Crippen LogP contribution in [0.1, 0.15) is 20.3 Å². The molecular weight excluding hydrogens is 140 g/mol. The van der Waals surface area contributed by atoms with Gasteiger partial charge >= 0.3 is 0 Å². The van der Waals surface area contributed by atoms with E-state index in [2.05, 4.69) is 4.99 Å². The summed E-state index contributed by atoms with van der Waals surface area (Å²) in [6.45, 7) is 4.05. The summed E-state index contributed by atoms with van der Waals surface area (Å²) < 4.78 is 0. The Bertz CT molecular complexity index is 152. The van der Waals surface area contributed by atoms with Gasteiger partial charge in [0.1, 0.15) is 0 Å². The molecule has 11 heavy (non-hydrogen) atoms. The normalized spacial score (nSPS) is 11.0. The van der Waals surface area contributed by atoms with Crippen LogP contribution in [0.25, 0.3) is 0 Å². The molecule has 0 saturated heterocycles. The zero-order valence-corrected chi connectivity index (χ0v) is 7.66. The van der Waals surface area contributed by atoms with Crippen molar-refractivity contribution in [3.8, 4) is 0 Å². The van der Waals surface area contributed by atoms with Gasteiger partial charge in [-0.15, -0.1) is 0 Å². The standard InChI is InChI=1S/C8H16N2O/c1-7(2)5-8(11)10(4)6-9-3/h6-7H,5H2,1-4H3. The number of nitrogens with zero attached hydrogens (tertiary/aromatic N) is 2. The van der Waals surface area contributed by atoms with Crippen molar-refractivity contribution < 1.29 is 4.79 Å². The summed E-state index contributed by atoms with van der Waals surface area (Å²) in [5.74, 6) is 0.529. The summed E-state index contributed by atoms with van der Waals surface area (Å²) >= 11 is 0. The Morgan fingerprint density at radius 1 is 1.64 bits per heavy atom. The smallest absolute Gasteiger partial charge is 0.227 e. The van der Waals surface area contributed by atoms with Gasteiger partial charge in [-0.05, 0) is 5.92 Å². The summed E-state index contributed by atoms with van der Waals surface area (Å²) in [4.78, 5) is 16.4. The molecule has 0 saturated carbocycles. The fraction of sp³-hybridized carbons (Fsp3) is 0.750. The number of hydrogen-bond acceptors (Lipinski definition) is 2. The minimum Gasteiger partial charge on any atom is -0.306 e. The Kier molecular flexibility index (Phi) is 4.50. The molecule has 0 aliphatic heterocycles. The van der Waals surface area contributed by atoms with Crippen molar-refractivity contribution in [1.29, 1.82) is 0 Å². The third kappa shape index (κ3) is 4.53. The molecule has 0 spiro atoms. The molecule has 0 unspecified atom stereocenters. The van der Waals surface area contributed by atoms with E-state index in [-0.39, 0.29) is 5.91 Å². The number of hydrogen-bond donors (Lipinski definition) is 0. The van der Waals surface area contributed by atoms with Crippen LogP contribution in [-0.4, -0.2) is 31.2 Å². The molecule has 0 aliphatic carbocycles. The molecule has 0 N–H and O–H groups in total. The molecular formula is C8H16N2O. The van der Waals surface area contributed by atoms with E-state index in [0.717, 1.165) is 0 Å². The Morgan fingerprint density at radius 2 is 2.18 bits per heavy atom. The maximum absolute atomic E-state index is 11.2. The predicted molar refractivity (Wildman–Crippen MR) is 46.6 cm³/mol. The topological polar surface area (TPSA) is 32.7 Å². The van der Waals surface area contributed by atoms with E-state index in [1.54, 1.807) is 14.1 Å². The molecule has 0 aromatic carbocycles. The highest BCUT2D eigenvalue weighted by Crippen LogP contribution is 2.00. The van der Waals surface area contributed by atoms with Crippen LogP contribution < -0.4 is 0 Å². The monoisotopic (exact) mass is 156 g/mol.